The number of fused-ring (bicyclic) bond motifs is 1. The van der Waals surface area contributed by atoms with Gasteiger partial charge in [0.25, 0.3) is 0 Å². The first-order chi connectivity index (χ1) is 19.0. The fraction of sp³-hybridized carbons (Fsp3) is 0.393. The molecule has 1 saturated heterocycles. The smallest absolute Gasteiger partial charge is 0.351 e. The minimum atomic E-state index is -0.857. The molecule has 2 aromatic heterocycles. The van der Waals surface area contributed by atoms with E-state index < -0.39 is 22.9 Å². The van der Waals surface area contributed by atoms with Crippen LogP contribution in [-0.2, 0) is 4.79 Å². The van der Waals surface area contributed by atoms with Crippen LogP contribution in [0.4, 0.5) is 16.0 Å². The molecular weight excluding hydrogens is 537 g/mol. The zero-order chi connectivity index (χ0) is 28.9. The Kier molecular flexibility index (Phi) is 7.47. The average Bonchev–Trinajstić information content (AvgIpc) is 2.90. The summed E-state index contributed by atoms with van der Waals surface area (Å²) in [5, 5.41) is 15.7. The Morgan fingerprint density at radius 2 is 1.82 bits per heavy atom. The van der Waals surface area contributed by atoms with Crippen molar-refractivity contribution >= 4 is 35.1 Å². The zero-order valence-electron chi connectivity index (χ0n) is 22.9. The Morgan fingerprint density at radius 3 is 2.42 bits per heavy atom. The zero-order valence-corrected chi connectivity index (χ0v) is 23.7. The summed E-state index contributed by atoms with van der Waals surface area (Å²) in [6.45, 7) is 11.6. The van der Waals surface area contributed by atoms with Crippen LogP contribution in [0.2, 0.25) is 0 Å². The van der Waals surface area contributed by atoms with Crippen molar-refractivity contribution in [3.8, 4) is 5.69 Å². The van der Waals surface area contributed by atoms with Gasteiger partial charge < -0.3 is 10.2 Å². The van der Waals surface area contributed by atoms with E-state index in [0.29, 0.717) is 53.2 Å². The number of hydrogen-bond donors (Lipinski definition) is 2. The van der Waals surface area contributed by atoms with Crippen LogP contribution < -0.4 is 21.0 Å². The molecule has 0 spiro atoms. The van der Waals surface area contributed by atoms with E-state index in [4.69, 9.17) is 11.6 Å². The molecule has 3 aliphatic rings. The average molecular weight is 568 g/mol. The predicted octanol–water partition coefficient (Wildman–Crippen LogP) is 4.10. The number of hydrogen-bond acceptors (Lipinski definition) is 9. The summed E-state index contributed by atoms with van der Waals surface area (Å²) >= 11 is 6.68. The quantitative estimate of drug-likeness (QED) is 0.527. The summed E-state index contributed by atoms with van der Waals surface area (Å²) in [6, 6.07) is -0.0254. The topological polar surface area (TPSA) is 116 Å². The highest BCUT2D eigenvalue weighted by Crippen LogP contribution is 2.44. The van der Waals surface area contributed by atoms with Crippen LogP contribution >= 0.6 is 11.6 Å². The first-order valence-electron chi connectivity index (χ1n) is 13.2. The lowest BCUT2D eigenvalue weighted by molar-refractivity contribution is -0.111. The second kappa shape index (κ2) is 10.7. The van der Waals surface area contributed by atoms with E-state index in [1.165, 1.54) is 29.1 Å². The second-order valence-corrected chi connectivity index (χ2v) is 11.0. The summed E-state index contributed by atoms with van der Waals surface area (Å²) in [4.78, 5) is 42.3. The van der Waals surface area contributed by atoms with Gasteiger partial charge in [0.1, 0.15) is 23.7 Å². The van der Waals surface area contributed by atoms with E-state index in [9.17, 15) is 14.8 Å². The second-order valence-electron chi connectivity index (χ2n) is 10.6. The maximum absolute atomic E-state index is 15.1. The highest BCUT2D eigenvalue weighted by atomic mass is 35.5. The predicted molar refractivity (Wildman–Crippen MR) is 152 cm³/mol. The van der Waals surface area contributed by atoms with Crippen LogP contribution in [0.5, 0.6) is 0 Å². The lowest BCUT2D eigenvalue weighted by Crippen LogP contribution is -2.51. The van der Waals surface area contributed by atoms with Gasteiger partial charge in [-0.25, -0.2) is 28.8 Å². The summed E-state index contributed by atoms with van der Waals surface area (Å²) in [5.74, 6) is -1.47. The van der Waals surface area contributed by atoms with Crippen molar-refractivity contribution in [1.82, 2.24) is 24.8 Å². The number of ketones is 1. The van der Waals surface area contributed by atoms with Crippen molar-refractivity contribution in [3.05, 3.63) is 74.1 Å². The monoisotopic (exact) mass is 567 g/mol. The van der Waals surface area contributed by atoms with Crippen LogP contribution in [0.25, 0.3) is 11.8 Å². The molecular formula is C28H31ClFN7O3. The van der Waals surface area contributed by atoms with Crippen molar-refractivity contribution < 1.29 is 14.4 Å². The molecule has 12 heteroatoms. The third-order valence-electron chi connectivity index (χ3n) is 7.18. The number of rotatable bonds is 4. The van der Waals surface area contributed by atoms with Gasteiger partial charge >= 0.3 is 5.69 Å². The normalized spacial score (nSPS) is 21.2. The summed E-state index contributed by atoms with van der Waals surface area (Å²) in [6.07, 6.45) is 6.55. The molecule has 0 amide bonds. The van der Waals surface area contributed by atoms with Crippen molar-refractivity contribution in [1.29, 1.82) is 0 Å². The van der Waals surface area contributed by atoms with E-state index in [-0.39, 0.29) is 34.4 Å². The van der Waals surface area contributed by atoms with Gasteiger partial charge in [-0.3, -0.25) is 10.0 Å². The Labute approximate surface area is 236 Å². The van der Waals surface area contributed by atoms with Crippen LogP contribution in [0.15, 0.2) is 51.5 Å². The number of carbonyl (C=O) groups excluding carboxylic acids is 1. The lowest BCUT2D eigenvalue weighted by atomic mass is 9.98. The first kappa shape index (κ1) is 27.9. The van der Waals surface area contributed by atoms with Gasteiger partial charge in [0, 0.05) is 25.7 Å². The van der Waals surface area contributed by atoms with E-state index in [2.05, 4.69) is 20.3 Å². The lowest BCUT2D eigenvalue weighted by Gasteiger charge is -2.38. The number of halogens is 2. The van der Waals surface area contributed by atoms with Gasteiger partial charge in [-0.15, -0.1) is 0 Å². The van der Waals surface area contributed by atoms with Gasteiger partial charge in [0.05, 0.1) is 33.2 Å². The Morgan fingerprint density at radius 1 is 1.15 bits per heavy atom. The highest BCUT2D eigenvalue weighted by molar-refractivity contribution is 6.35. The van der Waals surface area contributed by atoms with Crippen LogP contribution in [0.3, 0.4) is 0 Å². The van der Waals surface area contributed by atoms with Crippen molar-refractivity contribution in [3.63, 3.8) is 0 Å². The molecule has 5 rings (SSSR count). The Hall–Kier alpha value is -3.67. The fourth-order valence-corrected chi connectivity index (χ4v) is 5.55. The van der Waals surface area contributed by atoms with Gasteiger partial charge in [0.2, 0.25) is 0 Å². The van der Waals surface area contributed by atoms with Crippen molar-refractivity contribution in [2.45, 2.75) is 52.5 Å². The van der Waals surface area contributed by atoms with E-state index in [0.717, 1.165) is 6.08 Å². The molecule has 1 aliphatic carbocycles. The Bertz CT molecular complexity index is 1550. The van der Waals surface area contributed by atoms with Crippen molar-refractivity contribution in [2.24, 2.45) is 0 Å². The molecule has 1 fully saturated rings. The van der Waals surface area contributed by atoms with Gasteiger partial charge in [-0.2, -0.15) is 4.98 Å². The molecule has 40 heavy (non-hydrogen) atoms. The number of carbonyl (C=O) groups is 1. The highest BCUT2D eigenvalue weighted by Gasteiger charge is 2.37. The largest absolute Gasteiger partial charge is 0.355 e. The maximum atomic E-state index is 15.1. The number of nitrogens with zero attached hydrogens (tertiary/aromatic N) is 6. The van der Waals surface area contributed by atoms with Gasteiger partial charge in [-0.1, -0.05) is 45.4 Å². The molecule has 4 heterocycles. The molecule has 0 saturated carbocycles. The van der Waals surface area contributed by atoms with Gasteiger partial charge in [0.15, 0.2) is 11.6 Å². The molecule has 0 aromatic carbocycles. The van der Waals surface area contributed by atoms with Crippen molar-refractivity contribution in [2.75, 3.05) is 29.6 Å². The number of aromatic nitrogens is 4. The van der Waals surface area contributed by atoms with Crippen LogP contribution in [-0.4, -0.2) is 56.2 Å². The number of anilines is 2. The minimum absolute atomic E-state index is 0.0254. The third-order valence-corrected chi connectivity index (χ3v) is 7.47. The SMILES string of the molecule is CC(C)c1ncnc(C(C)C)c1-n1c2c(c(N3CCNC[C@@H]3C)nc1=O)C=C(Cl)C(=C1C(=O)C=CC=C1F)N2O. The fourth-order valence-electron chi connectivity index (χ4n) is 5.27. The number of hydroxylamine groups is 1. The third kappa shape index (κ3) is 4.57. The summed E-state index contributed by atoms with van der Waals surface area (Å²) in [7, 11) is 0. The maximum Gasteiger partial charge on any atom is 0.355 e. The molecule has 2 aliphatic heterocycles. The van der Waals surface area contributed by atoms with Crippen LogP contribution in [0.1, 0.15) is 63.4 Å². The first-order valence-corrected chi connectivity index (χ1v) is 13.6. The molecule has 210 valence electrons. The molecule has 0 bridgehead atoms. The summed E-state index contributed by atoms with van der Waals surface area (Å²) < 4.78 is 16.3. The standard InChI is InChI=1S/C28H31ClFN7O3/c1-14(2)22-25(23(15(3)4)33-13-32-22)36-27-17(26(34-28(36)39)35-10-9-31-12-16(35)5)11-18(29)24(37(27)40)21-19(30)7-6-8-20(21)38/h6-8,11,13-16,31,40H,9-10,12H2,1-5H3/t16-/m0/s1. The molecule has 2 aromatic rings. The van der Waals surface area contributed by atoms with E-state index in [1.54, 1.807) is 0 Å². The van der Waals surface area contributed by atoms with Crippen LogP contribution in [0, 0.1) is 0 Å². The molecule has 1 atom stereocenters. The van der Waals surface area contributed by atoms with E-state index >= 15 is 4.39 Å². The molecule has 0 unspecified atom stereocenters. The van der Waals surface area contributed by atoms with Gasteiger partial charge in [-0.05, 0) is 37.0 Å². The number of piperazine rings is 1. The molecule has 0 radical (unpaired) electrons. The van der Waals surface area contributed by atoms with E-state index in [1.807, 2.05) is 39.5 Å². The minimum Gasteiger partial charge on any atom is -0.351 e. The summed E-state index contributed by atoms with van der Waals surface area (Å²) in [5.41, 5.74) is 0.493. The Balaban J connectivity index is 1.91. The molecule has 2 N–H and O–H groups in total. The molecule has 10 nitrogen and oxygen atoms in total. The number of nitrogens with one attached hydrogen (secondary N) is 1. The number of allylic oxidation sites excluding steroid dienone is 6.